The average molecular weight is 433 g/mol. The smallest absolute Gasteiger partial charge is 0.300 e. The first-order chi connectivity index (χ1) is 15.5. The number of halogens is 1. The van der Waals surface area contributed by atoms with Crippen LogP contribution >= 0.6 is 0 Å². The molecule has 4 rings (SSSR count). The van der Waals surface area contributed by atoms with Crippen molar-refractivity contribution in [3.8, 4) is 11.5 Å². The van der Waals surface area contributed by atoms with E-state index in [2.05, 4.69) is 0 Å². The van der Waals surface area contributed by atoms with Gasteiger partial charge in [-0.15, -0.1) is 0 Å². The number of aliphatic hydroxyl groups is 1. The number of ether oxygens (including phenoxy) is 2. The summed E-state index contributed by atoms with van der Waals surface area (Å²) in [7, 11) is 2.90. The number of ketones is 1. The number of nitrogens with zero attached hydrogens (tertiary/aromatic N) is 1. The fourth-order valence-corrected chi connectivity index (χ4v) is 3.80. The Morgan fingerprint density at radius 3 is 2.25 bits per heavy atom. The molecule has 6 nitrogen and oxygen atoms in total. The summed E-state index contributed by atoms with van der Waals surface area (Å²) in [5.41, 5.74) is 0.897. The predicted molar refractivity (Wildman–Crippen MR) is 117 cm³/mol. The number of carbonyl (C=O) groups is 2. The molecule has 0 bridgehead atoms. The third-order valence-corrected chi connectivity index (χ3v) is 5.33. The van der Waals surface area contributed by atoms with Crippen LogP contribution in [0.15, 0.2) is 78.4 Å². The van der Waals surface area contributed by atoms with Crippen LogP contribution < -0.4 is 14.4 Å². The molecule has 32 heavy (non-hydrogen) atoms. The van der Waals surface area contributed by atoms with Crippen molar-refractivity contribution in [2.75, 3.05) is 19.1 Å². The highest BCUT2D eigenvalue weighted by atomic mass is 19.1. The molecule has 3 aromatic carbocycles. The van der Waals surface area contributed by atoms with E-state index in [1.54, 1.807) is 54.6 Å². The first-order valence-electron chi connectivity index (χ1n) is 9.80. The molecule has 1 aliphatic heterocycles. The lowest BCUT2D eigenvalue weighted by atomic mass is 9.95. The highest BCUT2D eigenvalue weighted by Crippen LogP contribution is 2.43. The molecule has 0 aromatic heterocycles. The Morgan fingerprint density at radius 1 is 0.938 bits per heavy atom. The van der Waals surface area contributed by atoms with Gasteiger partial charge in [-0.05, 0) is 48.0 Å². The maximum Gasteiger partial charge on any atom is 0.300 e. The fraction of sp³-hybridized carbons (Fsp3) is 0.120. The summed E-state index contributed by atoms with van der Waals surface area (Å²) in [6.45, 7) is 0. The Hall–Kier alpha value is -4.13. The molecule has 0 saturated carbocycles. The van der Waals surface area contributed by atoms with Gasteiger partial charge in [-0.3, -0.25) is 14.5 Å². The van der Waals surface area contributed by atoms with Crippen molar-refractivity contribution in [1.82, 2.24) is 0 Å². The molecule has 1 amide bonds. The second kappa shape index (κ2) is 8.55. The maximum atomic E-state index is 14.0. The van der Waals surface area contributed by atoms with E-state index < -0.39 is 29.3 Å². The summed E-state index contributed by atoms with van der Waals surface area (Å²) < 4.78 is 24.4. The van der Waals surface area contributed by atoms with Gasteiger partial charge in [-0.2, -0.15) is 0 Å². The van der Waals surface area contributed by atoms with Crippen LogP contribution in [-0.2, 0) is 9.59 Å². The second-order valence-electron chi connectivity index (χ2n) is 7.12. The van der Waals surface area contributed by atoms with Gasteiger partial charge in [-0.25, -0.2) is 4.39 Å². The monoisotopic (exact) mass is 433 g/mol. The van der Waals surface area contributed by atoms with Crippen molar-refractivity contribution < 1.29 is 28.6 Å². The van der Waals surface area contributed by atoms with Crippen molar-refractivity contribution in [3.05, 3.63) is 95.3 Å². The molecular weight excluding hydrogens is 413 g/mol. The maximum absolute atomic E-state index is 14.0. The molecule has 1 N–H and O–H groups in total. The highest BCUT2D eigenvalue weighted by molar-refractivity contribution is 6.51. The first kappa shape index (κ1) is 21.1. The van der Waals surface area contributed by atoms with Gasteiger partial charge in [-0.1, -0.05) is 30.3 Å². The quantitative estimate of drug-likeness (QED) is 0.365. The molecule has 3 aromatic rings. The van der Waals surface area contributed by atoms with Crippen LogP contribution in [0.3, 0.4) is 0 Å². The molecular formula is C25H20FNO5. The van der Waals surface area contributed by atoms with Crippen LogP contribution in [0.5, 0.6) is 11.5 Å². The van der Waals surface area contributed by atoms with Crippen LogP contribution in [-0.4, -0.2) is 31.0 Å². The molecule has 162 valence electrons. The minimum absolute atomic E-state index is 0.0128. The van der Waals surface area contributed by atoms with Crippen LogP contribution in [0, 0.1) is 5.82 Å². The Labute approximate surface area is 184 Å². The molecule has 1 fully saturated rings. The highest BCUT2D eigenvalue weighted by Gasteiger charge is 2.47. The van der Waals surface area contributed by atoms with Gasteiger partial charge in [0.1, 0.15) is 23.1 Å². The minimum atomic E-state index is -0.919. The molecule has 0 aliphatic carbocycles. The van der Waals surface area contributed by atoms with Crippen LogP contribution in [0.1, 0.15) is 17.2 Å². The zero-order chi connectivity index (χ0) is 22.8. The number of Topliss-reactive ketones (excluding diaryl/α,β-unsaturated/α-hetero) is 1. The van der Waals surface area contributed by atoms with Gasteiger partial charge in [0.05, 0.1) is 31.4 Å². The minimum Gasteiger partial charge on any atom is -0.507 e. The van der Waals surface area contributed by atoms with E-state index in [1.807, 2.05) is 0 Å². The third kappa shape index (κ3) is 3.58. The number of methoxy groups -OCH3 is 2. The number of carbonyl (C=O) groups excluding carboxylic acids is 2. The van der Waals surface area contributed by atoms with Gasteiger partial charge in [0, 0.05) is 5.69 Å². The van der Waals surface area contributed by atoms with Gasteiger partial charge < -0.3 is 14.6 Å². The summed E-state index contributed by atoms with van der Waals surface area (Å²) in [5, 5.41) is 11.1. The van der Waals surface area contributed by atoms with Gasteiger partial charge in [0.25, 0.3) is 11.7 Å². The van der Waals surface area contributed by atoms with E-state index in [4.69, 9.17) is 9.47 Å². The third-order valence-electron chi connectivity index (χ3n) is 5.33. The summed E-state index contributed by atoms with van der Waals surface area (Å²) >= 11 is 0. The fourth-order valence-electron chi connectivity index (χ4n) is 3.80. The van der Waals surface area contributed by atoms with Crippen molar-refractivity contribution in [2.45, 2.75) is 6.04 Å². The zero-order valence-corrected chi connectivity index (χ0v) is 17.4. The molecule has 1 aliphatic rings. The Balaban J connectivity index is 1.95. The van der Waals surface area contributed by atoms with Crippen molar-refractivity contribution >= 4 is 23.1 Å². The number of rotatable bonds is 5. The Kier molecular flexibility index (Phi) is 5.64. The number of benzene rings is 3. The summed E-state index contributed by atoms with van der Waals surface area (Å²) in [5.74, 6) is -2.05. The SMILES string of the molecule is COc1ccc(N2C(=O)C(=O)/C(=C(/O)c3cc(F)ccc3OC)C2c2ccccc2)cc1. The second-order valence-corrected chi connectivity index (χ2v) is 7.12. The van der Waals surface area contributed by atoms with E-state index in [0.29, 0.717) is 17.0 Å². The van der Waals surface area contributed by atoms with Gasteiger partial charge in [0.15, 0.2) is 0 Å². The number of amides is 1. The van der Waals surface area contributed by atoms with E-state index in [0.717, 1.165) is 6.07 Å². The van der Waals surface area contributed by atoms with E-state index in [-0.39, 0.29) is 16.9 Å². The molecule has 1 atom stereocenters. The van der Waals surface area contributed by atoms with Crippen LogP contribution in [0.25, 0.3) is 5.76 Å². The molecule has 1 heterocycles. The van der Waals surface area contributed by atoms with E-state index in [9.17, 15) is 19.1 Å². The standard InChI is InChI=1S/C25H20FNO5/c1-31-18-11-9-17(10-12-18)27-22(15-6-4-3-5-7-15)21(24(29)25(27)30)23(28)19-14-16(26)8-13-20(19)32-2/h3-14,22,28H,1-2H3/b23-21+. The molecule has 1 saturated heterocycles. The number of hydrogen-bond donors (Lipinski definition) is 1. The largest absolute Gasteiger partial charge is 0.507 e. The lowest BCUT2D eigenvalue weighted by Gasteiger charge is -2.25. The predicted octanol–water partition coefficient (Wildman–Crippen LogP) is 4.47. The number of hydrogen-bond acceptors (Lipinski definition) is 5. The van der Waals surface area contributed by atoms with E-state index in [1.165, 1.54) is 31.3 Å². The molecule has 0 spiro atoms. The number of aliphatic hydroxyl groups excluding tert-OH is 1. The number of anilines is 1. The van der Waals surface area contributed by atoms with Gasteiger partial charge >= 0.3 is 0 Å². The first-order valence-corrected chi connectivity index (χ1v) is 9.80. The zero-order valence-electron chi connectivity index (χ0n) is 17.4. The van der Waals surface area contributed by atoms with Gasteiger partial charge in [0.2, 0.25) is 0 Å². The lowest BCUT2D eigenvalue weighted by Crippen LogP contribution is -2.29. The van der Waals surface area contributed by atoms with Crippen LogP contribution in [0.2, 0.25) is 0 Å². The summed E-state index contributed by atoms with van der Waals surface area (Å²) in [4.78, 5) is 27.5. The van der Waals surface area contributed by atoms with E-state index >= 15 is 0 Å². The van der Waals surface area contributed by atoms with Crippen molar-refractivity contribution in [3.63, 3.8) is 0 Å². The lowest BCUT2D eigenvalue weighted by molar-refractivity contribution is -0.132. The molecule has 1 unspecified atom stereocenters. The molecule has 0 radical (unpaired) electrons. The van der Waals surface area contributed by atoms with Crippen molar-refractivity contribution in [2.24, 2.45) is 0 Å². The topological polar surface area (TPSA) is 76.1 Å². The Morgan fingerprint density at radius 2 is 1.62 bits per heavy atom. The van der Waals surface area contributed by atoms with Crippen LogP contribution in [0.4, 0.5) is 10.1 Å². The van der Waals surface area contributed by atoms with Crippen molar-refractivity contribution in [1.29, 1.82) is 0 Å². The average Bonchev–Trinajstić information content (AvgIpc) is 3.09. The normalized spacial score (nSPS) is 17.5. The summed E-state index contributed by atoms with van der Waals surface area (Å²) in [6.07, 6.45) is 0. The Bertz CT molecular complexity index is 1200. The summed E-state index contributed by atoms with van der Waals surface area (Å²) in [6, 6.07) is 18.2. The molecule has 7 heteroatoms.